The van der Waals surface area contributed by atoms with Crippen LogP contribution >= 0.6 is 23.2 Å². The first-order chi connectivity index (χ1) is 12.2. The van der Waals surface area contributed by atoms with Crippen LogP contribution in [0.2, 0.25) is 10.0 Å². The van der Waals surface area contributed by atoms with Gasteiger partial charge in [0.25, 0.3) is 0 Å². The fourth-order valence-electron chi connectivity index (χ4n) is 3.04. The zero-order valence-corrected chi connectivity index (χ0v) is 14.8. The van der Waals surface area contributed by atoms with Gasteiger partial charge < -0.3 is 14.5 Å². The van der Waals surface area contributed by atoms with Crippen LogP contribution in [0.1, 0.15) is 11.4 Å². The molecule has 4 nitrogen and oxygen atoms in total. The summed E-state index contributed by atoms with van der Waals surface area (Å²) in [5, 5.41) is 1.23. The number of benzene rings is 2. The van der Waals surface area contributed by atoms with E-state index in [0.29, 0.717) is 23.1 Å². The van der Waals surface area contributed by atoms with E-state index >= 15 is 0 Å². The molecular formula is C19H16Cl2N2O2. The van der Waals surface area contributed by atoms with Crippen molar-refractivity contribution in [3.05, 3.63) is 76.2 Å². The minimum Gasteiger partial charge on any atom is -0.352 e. The van der Waals surface area contributed by atoms with Gasteiger partial charge in [-0.3, -0.25) is 0 Å². The molecule has 4 rings (SSSR count). The molecule has 128 valence electrons. The van der Waals surface area contributed by atoms with Crippen molar-refractivity contribution < 1.29 is 9.47 Å². The summed E-state index contributed by atoms with van der Waals surface area (Å²) in [6.07, 6.45) is 2.42. The number of hydrogen-bond acceptors (Lipinski definition) is 3. The van der Waals surface area contributed by atoms with Crippen molar-refractivity contribution >= 4 is 23.2 Å². The van der Waals surface area contributed by atoms with Gasteiger partial charge in [0.05, 0.1) is 23.5 Å². The molecule has 1 aromatic heterocycles. The first-order valence-corrected chi connectivity index (χ1v) is 8.68. The number of rotatable bonds is 4. The Morgan fingerprint density at radius 3 is 2.72 bits per heavy atom. The van der Waals surface area contributed by atoms with E-state index in [0.717, 1.165) is 22.6 Å². The van der Waals surface area contributed by atoms with Crippen molar-refractivity contribution in [2.75, 3.05) is 13.4 Å². The second kappa shape index (κ2) is 6.81. The second-order valence-electron chi connectivity index (χ2n) is 6.04. The summed E-state index contributed by atoms with van der Waals surface area (Å²) in [6.45, 7) is 0.693. The van der Waals surface area contributed by atoms with Crippen LogP contribution in [0.3, 0.4) is 0 Å². The lowest BCUT2D eigenvalue weighted by Gasteiger charge is -2.24. The molecule has 0 amide bonds. The third kappa shape index (κ3) is 3.31. The Bertz CT molecular complexity index is 874. The Kier molecular flexibility index (Phi) is 4.52. The van der Waals surface area contributed by atoms with Gasteiger partial charge in [-0.15, -0.1) is 0 Å². The smallest absolute Gasteiger partial charge is 0.156 e. The highest BCUT2D eigenvalue weighted by Gasteiger charge is 2.41. The van der Waals surface area contributed by atoms with E-state index in [1.54, 1.807) is 18.3 Å². The fourth-order valence-corrected chi connectivity index (χ4v) is 3.44. The third-order valence-electron chi connectivity index (χ3n) is 4.31. The van der Waals surface area contributed by atoms with Gasteiger partial charge in [0.1, 0.15) is 12.6 Å². The summed E-state index contributed by atoms with van der Waals surface area (Å²) in [6, 6.07) is 15.5. The molecule has 1 fully saturated rings. The van der Waals surface area contributed by atoms with E-state index in [9.17, 15) is 0 Å². The summed E-state index contributed by atoms with van der Waals surface area (Å²) < 4.78 is 11.5. The summed E-state index contributed by atoms with van der Waals surface area (Å²) in [5.41, 5.74) is 2.13. The molecule has 2 aromatic carbocycles. The molecule has 1 atom stereocenters. The van der Waals surface area contributed by atoms with Crippen LogP contribution in [0.15, 0.2) is 54.7 Å². The molecule has 1 aliphatic rings. The number of imidazole rings is 1. The molecule has 1 aliphatic heterocycles. The monoisotopic (exact) mass is 374 g/mol. The average molecular weight is 375 g/mol. The molecule has 1 unspecified atom stereocenters. The zero-order valence-electron chi connectivity index (χ0n) is 13.3. The molecule has 3 aromatic rings. The molecule has 6 heteroatoms. The van der Waals surface area contributed by atoms with Gasteiger partial charge in [-0.2, -0.15) is 0 Å². The molecular weight excluding hydrogens is 359 g/mol. The quantitative estimate of drug-likeness (QED) is 0.711. The average Bonchev–Trinajstić information content (AvgIpc) is 3.28. The SMILES string of the molecule is Clc1ccc(Cl)c(-c2cnc(C3(Cc4ccccc4)COCO3)[nH]2)c1. The van der Waals surface area contributed by atoms with Gasteiger partial charge in [0, 0.05) is 17.0 Å². The summed E-state index contributed by atoms with van der Waals surface area (Å²) in [7, 11) is 0. The van der Waals surface area contributed by atoms with E-state index in [2.05, 4.69) is 22.1 Å². The first kappa shape index (κ1) is 16.6. The number of aromatic nitrogens is 2. The maximum atomic E-state index is 6.30. The third-order valence-corrected chi connectivity index (χ3v) is 4.88. The minimum absolute atomic E-state index is 0.251. The van der Waals surface area contributed by atoms with Crippen LogP contribution in [0, 0.1) is 0 Å². The van der Waals surface area contributed by atoms with Crippen LogP contribution in [0.5, 0.6) is 0 Å². The van der Waals surface area contributed by atoms with E-state index < -0.39 is 5.60 Å². The van der Waals surface area contributed by atoms with Gasteiger partial charge in [0.15, 0.2) is 5.60 Å². The van der Waals surface area contributed by atoms with Crippen molar-refractivity contribution in [2.24, 2.45) is 0 Å². The number of halogens is 2. The molecule has 0 saturated carbocycles. The number of nitrogens with zero attached hydrogens (tertiary/aromatic N) is 1. The molecule has 2 heterocycles. The number of nitrogens with one attached hydrogen (secondary N) is 1. The normalized spacial score (nSPS) is 20.1. The largest absolute Gasteiger partial charge is 0.352 e. The molecule has 0 bridgehead atoms. The molecule has 0 radical (unpaired) electrons. The number of H-pyrrole nitrogens is 1. The maximum Gasteiger partial charge on any atom is 0.156 e. The number of hydrogen-bond donors (Lipinski definition) is 1. The van der Waals surface area contributed by atoms with Crippen LogP contribution in [-0.4, -0.2) is 23.4 Å². The first-order valence-electron chi connectivity index (χ1n) is 7.93. The Morgan fingerprint density at radius 1 is 1.12 bits per heavy atom. The van der Waals surface area contributed by atoms with E-state index in [-0.39, 0.29) is 6.79 Å². The second-order valence-corrected chi connectivity index (χ2v) is 6.88. The van der Waals surface area contributed by atoms with Crippen molar-refractivity contribution in [3.8, 4) is 11.3 Å². The van der Waals surface area contributed by atoms with E-state index in [1.807, 2.05) is 24.3 Å². The predicted molar refractivity (Wildman–Crippen MR) is 97.8 cm³/mol. The Hall–Kier alpha value is -1.85. The van der Waals surface area contributed by atoms with Gasteiger partial charge in [-0.1, -0.05) is 53.5 Å². The van der Waals surface area contributed by atoms with E-state index in [4.69, 9.17) is 32.7 Å². The molecule has 25 heavy (non-hydrogen) atoms. The minimum atomic E-state index is -0.634. The van der Waals surface area contributed by atoms with Crippen LogP contribution < -0.4 is 0 Å². The van der Waals surface area contributed by atoms with Crippen molar-refractivity contribution in [1.29, 1.82) is 0 Å². The molecule has 1 saturated heterocycles. The fraction of sp³-hybridized carbons (Fsp3) is 0.211. The van der Waals surface area contributed by atoms with E-state index in [1.165, 1.54) is 0 Å². The van der Waals surface area contributed by atoms with Crippen molar-refractivity contribution in [1.82, 2.24) is 9.97 Å². The maximum absolute atomic E-state index is 6.30. The van der Waals surface area contributed by atoms with Crippen molar-refractivity contribution in [3.63, 3.8) is 0 Å². The highest BCUT2D eigenvalue weighted by molar-refractivity contribution is 6.35. The summed E-state index contributed by atoms with van der Waals surface area (Å²) in [5.74, 6) is 0.722. The summed E-state index contributed by atoms with van der Waals surface area (Å²) >= 11 is 12.4. The lowest BCUT2D eigenvalue weighted by atomic mass is 9.94. The number of ether oxygens (including phenoxy) is 2. The molecule has 0 spiro atoms. The Balaban J connectivity index is 1.70. The number of aromatic amines is 1. The molecule has 0 aliphatic carbocycles. The van der Waals surface area contributed by atoms with Gasteiger partial charge in [0.2, 0.25) is 0 Å². The van der Waals surface area contributed by atoms with Crippen LogP contribution in [-0.2, 0) is 21.5 Å². The van der Waals surface area contributed by atoms with Gasteiger partial charge >= 0.3 is 0 Å². The highest BCUT2D eigenvalue weighted by atomic mass is 35.5. The Labute approximate surface area is 155 Å². The van der Waals surface area contributed by atoms with Gasteiger partial charge in [-0.25, -0.2) is 4.98 Å². The lowest BCUT2D eigenvalue weighted by molar-refractivity contribution is -0.0162. The Morgan fingerprint density at radius 2 is 1.96 bits per heavy atom. The topological polar surface area (TPSA) is 47.1 Å². The van der Waals surface area contributed by atoms with Crippen molar-refractivity contribution in [2.45, 2.75) is 12.0 Å². The standard InChI is InChI=1S/C19H16Cl2N2O2/c20-14-6-7-16(21)15(8-14)17-10-22-18(23-17)19(11-24-12-25-19)9-13-4-2-1-3-5-13/h1-8,10H,9,11-12H2,(H,22,23). The highest BCUT2D eigenvalue weighted by Crippen LogP contribution is 2.35. The lowest BCUT2D eigenvalue weighted by Crippen LogP contribution is -2.32. The van der Waals surface area contributed by atoms with Crippen LogP contribution in [0.25, 0.3) is 11.3 Å². The summed E-state index contributed by atoms with van der Waals surface area (Å²) in [4.78, 5) is 7.89. The van der Waals surface area contributed by atoms with Crippen LogP contribution in [0.4, 0.5) is 0 Å². The predicted octanol–water partition coefficient (Wildman–Crippen LogP) is 4.83. The van der Waals surface area contributed by atoms with Gasteiger partial charge in [-0.05, 0) is 23.8 Å². The molecule has 1 N–H and O–H groups in total. The zero-order chi connectivity index (χ0) is 17.3.